The Kier molecular flexibility index (Phi) is 5.04. The molecule has 0 aliphatic heterocycles. The summed E-state index contributed by atoms with van der Waals surface area (Å²) in [4.78, 5) is 7.59. The van der Waals surface area contributed by atoms with E-state index in [9.17, 15) is 9.50 Å². The van der Waals surface area contributed by atoms with Crippen LogP contribution in [0.15, 0.2) is 29.4 Å². The fourth-order valence-corrected chi connectivity index (χ4v) is 2.99. The van der Waals surface area contributed by atoms with Crippen molar-refractivity contribution in [3.63, 3.8) is 0 Å². The zero-order chi connectivity index (χ0) is 17.0. The number of nitrogens with one attached hydrogen (secondary N) is 3. The van der Waals surface area contributed by atoms with Crippen LogP contribution in [0.1, 0.15) is 31.7 Å². The van der Waals surface area contributed by atoms with Crippen molar-refractivity contribution in [3.8, 4) is 0 Å². The Morgan fingerprint density at radius 2 is 2.21 bits per heavy atom. The lowest BCUT2D eigenvalue weighted by molar-refractivity contribution is -0.0236. The van der Waals surface area contributed by atoms with E-state index < -0.39 is 5.60 Å². The van der Waals surface area contributed by atoms with E-state index in [1.807, 2.05) is 19.2 Å². The first-order valence-corrected chi connectivity index (χ1v) is 8.60. The molecule has 1 aromatic carbocycles. The molecule has 1 saturated carbocycles. The third-order valence-corrected chi connectivity index (χ3v) is 4.58. The maximum atomic E-state index is 13.2. The summed E-state index contributed by atoms with van der Waals surface area (Å²) in [5.74, 6) is 0.494. The van der Waals surface area contributed by atoms with Gasteiger partial charge in [-0.1, -0.05) is 0 Å². The summed E-state index contributed by atoms with van der Waals surface area (Å²) < 4.78 is 13.2. The van der Waals surface area contributed by atoms with Gasteiger partial charge in [0, 0.05) is 30.2 Å². The highest BCUT2D eigenvalue weighted by Gasteiger charge is 2.34. The summed E-state index contributed by atoms with van der Waals surface area (Å²) in [6.45, 7) is 3.95. The molecule has 1 aliphatic rings. The van der Waals surface area contributed by atoms with Gasteiger partial charge in [0.2, 0.25) is 0 Å². The van der Waals surface area contributed by atoms with E-state index in [0.29, 0.717) is 13.1 Å². The average Bonchev–Trinajstić information content (AvgIpc) is 2.93. The first-order chi connectivity index (χ1) is 11.6. The van der Waals surface area contributed by atoms with Crippen LogP contribution in [0, 0.1) is 5.82 Å². The Morgan fingerprint density at radius 1 is 1.38 bits per heavy atom. The van der Waals surface area contributed by atoms with Crippen LogP contribution in [-0.4, -0.2) is 41.3 Å². The molecule has 1 fully saturated rings. The quantitative estimate of drug-likeness (QED) is 0.485. The zero-order valence-electron chi connectivity index (χ0n) is 14.0. The van der Waals surface area contributed by atoms with Gasteiger partial charge in [-0.3, -0.25) is 4.99 Å². The second kappa shape index (κ2) is 7.21. The van der Waals surface area contributed by atoms with Gasteiger partial charge in [0.1, 0.15) is 5.82 Å². The number of rotatable bonds is 6. The fraction of sp³-hybridized carbons (Fsp3) is 0.500. The van der Waals surface area contributed by atoms with Gasteiger partial charge < -0.3 is 20.7 Å². The number of hydrogen-bond acceptors (Lipinski definition) is 2. The third-order valence-electron chi connectivity index (χ3n) is 4.58. The predicted octanol–water partition coefficient (Wildman–Crippen LogP) is 2.32. The van der Waals surface area contributed by atoms with Crippen LogP contribution in [0.3, 0.4) is 0 Å². The number of aromatic amines is 1. The number of halogens is 1. The lowest BCUT2D eigenvalue weighted by Gasteiger charge is -2.35. The maximum Gasteiger partial charge on any atom is 0.191 e. The summed E-state index contributed by atoms with van der Waals surface area (Å²) in [5.41, 5.74) is 1.35. The topological polar surface area (TPSA) is 72.4 Å². The first-order valence-electron chi connectivity index (χ1n) is 8.60. The number of guanidine groups is 1. The summed E-state index contributed by atoms with van der Waals surface area (Å²) >= 11 is 0. The van der Waals surface area contributed by atoms with Crippen LogP contribution in [0.2, 0.25) is 0 Å². The Balaban J connectivity index is 1.57. The molecule has 1 heterocycles. The van der Waals surface area contributed by atoms with Gasteiger partial charge >= 0.3 is 0 Å². The van der Waals surface area contributed by atoms with Crippen LogP contribution < -0.4 is 10.6 Å². The van der Waals surface area contributed by atoms with Gasteiger partial charge in [-0.2, -0.15) is 0 Å². The molecule has 5 nitrogen and oxygen atoms in total. The molecule has 130 valence electrons. The number of H-pyrrole nitrogens is 1. The van der Waals surface area contributed by atoms with E-state index in [1.165, 1.54) is 12.1 Å². The number of aromatic nitrogens is 1. The van der Waals surface area contributed by atoms with Crippen molar-refractivity contribution < 1.29 is 9.50 Å². The molecule has 1 aromatic heterocycles. The molecule has 4 N–H and O–H groups in total. The number of benzene rings is 1. The number of hydrogen-bond donors (Lipinski definition) is 4. The minimum atomic E-state index is -0.608. The van der Waals surface area contributed by atoms with Crippen molar-refractivity contribution >= 4 is 16.9 Å². The largest absolute Gasteiger partial charge is 0.388 e. The molecule has 0 saturated heterocycles. The van der Waals surface area contributed by atoms with Gasteiger partial charge in [-0.25, -0.2) is 4.39 Å². The van der Waals surface area contributed by atoms with Crippen LogP contribution in [0.4, 0.5) is 4.39 Å². The lowest BCUT2D eigenvalue weighted by Crippen LogP contribution is -2.43. The average molecular weight is 332 g/mol. The van der Waals surface area contributed by atoms with E-state index >= 15 is 0 Å². The van der Waals surface area contributed by atoms with Crippen molar-refractivity contribution in [3.05, 3.63) is 35.8 Å². The van der Waals surface area contributed by atoms with Gasteiger partial charge in [-0.05, 0) is 56.4 Å². The molecule has 0 bridgehead atoms. The van der Waals surface area contributed by atoms with Crippen molar-refractivity contribution in [1.29, 1.82) is 0 Å². The molecule has 0 radical (unpaired) electrons. The van der Waals surface area contributed by atoms with Crippen molar-refractivity contribution in [2.24, 2.45) is 4.99 Å². The number of aliphatic hydroxyl groups is 1. The lowest BCUT2D eigenvalue weighted by atomic mass is 9.80. The van der Waals surface area contributed by atoms with E-state index in [1.54, 1.807) is 0 Å². The van der Waals surface area contributed by atoms with Crippen molar-refractivity contribution in [2.75, 3.05) is 19.6 Å². The number of aliphatic imine (C=N–C) groups is 1. The van der Waals surface area contributed by atoms with E-state index in [2.05, 4.69) is 20.6 Å². The molecule has 0 atom stereocenters. The highest BCUT2D eigenvalue weighted by atomic mass is 19.1. The fourth-order valence-electron chi connectivity index (χ4n) is 2.99. The minimum absolute atomic E-state index is 0.232. The van der Waals surface area contributed by atoms with Crippen molar-refractivity contribution in [1.82, 2.24) is 15.6 Å². The maximum absolute atomic E-state index is 13.2. The monoisotopic (exact) mass is 332 g/mol. The normalized spacial score (nSPS) is 16.9. The Morgan fingerprint density at radius 3 is 2.92 bits per heavy atom. The second-order valence-corrected chi connectivity index (χ2v) is 6.45. The summed E-state index contributed by atoms with van der Waals surface area (Å²) in [6, 6.07) is 4.80. The SMILES string of the molecule is CCNC(=NCC1(O)CCC1)NCCc1c[nH]c2cc(F)ccc12. The van der Waals surface area contributed by atoms with Crippen LogP contribution in [-0.2, 0) is 6.42 Å². The Hall–Kier alpha value is -2.08. The smallest absolute Gasteiger partial charge is 0.191 e. The van der Waals surface area contributed by atoms with E-state index in [4.69, 9.17) is 0 Å². The van der Waals surface area contributed by atoms with Gasteiger partial charge in [0.25, 0.3) is 0 Å². The van der Waals surface area contributed by atoms with Gasteiger partial charge in [0.05, 0.1) is 12.1 Å². The van der Waals surface area contributed by atoms with E-state index in [0.717, 1.165) is 54.7 Å². The number of nitrogens with zero attached hydrogens (tertiary/aromatic N) is 1. The van der Waals surface area contributed by atoms with Gasteiger partial charge in [0.15, 0.2) is 5.96 Å². The molecule has 0 spiro atoms. The Labute approximate surface area is 141 Å². The molecule has 6 heteroatoms. The van der Waals surface area contributed by atoms with Gasteiger partial charge in [-0.15, -0.1) is 0 Å². The molecular formula is C18H25FN4O. The highest BCUT2D eigenvalue weighted by Crippen LogP contribution is 2.31. The summed E-state index contributed by atoms with van der Waals surface area (Å²) in [6.07, 6.45) is 5.48. The van der Waals surface area contributed by atoms with Crippen LogP contribution in [0.5, 0.6) is 0 Å². The molecule has 0 amide bonds. The summed E-state index contributed by atoms with van der Waals surface area (Å²) in [5, 5.41) is 17.7. The zero-order valence-corrected chi connectivity index (χ0v) is 14.0. The van der Waals surface area contributed by atoms with Crippen LogP contribution >= 0.6 is 0 Å². The second-order valence-electron chi connectivity index (χ2n) is 6.45. The number of fused-ring (bicyclic) bond motifs is 1. The molecule has 0 unspecified atom stereocenters. The first kappa shape index (κ1) is 16.8. The predicted molar refractivity (Wildman–Crippen MR) is 94.7 cm³/mol. The molecule has 3 rings (SSSR count). The Bertz CT molecular complexity index is 721. The third kappa shape index (κ3) is 3.87. The highest BCUT2D eigenvalue weighted by molar-refractivity contribution is 5.83. The standard InChI is InChI=1S/C18H25FN4O/c1-2-20-17(23-12-18(24)7-3-8-18)21-9-6-13-11-22-16-10-14(19)4-5-15(13)16/h4-5,10-11,22,24H,2-3,6-9,12H2,1H3,(H2,20,21,23). The minimum Gasteiger partial charge on any atom is -0.388 e. The summed E-state index contributed by atoms with van der Waals surface area (Å²) in [7, 11) is 0. The molecule has 24 heavy (non-hydrogen) atoms. The van der Waals surface area contributed by atoms with Crippen LogP contribution in [0.25, 0.3) is 10.9 Å². The molecular weight excluding hydrogens is 307 g/mol. The van der Waals surface area contributed by atoms with E-state index in [-0.39, 0.29) is 5.82 Å². The van der Waals surface area contributed by atoms with Crippen molar-refractivity contribution in [2.45, 2.75) is 38.2 Å². The molecule has 2 aromatic rings. The molecule has 1 aliphatic carbocycles.